The van der Waals surface area contributed by atoms with Gasteiger partial charge in [-0.1, -0.05) is 0 Å². The molecule has 2 rings (SSSR count). The van der Waals surface area contributed by atoms with E-state index in [9.17, 15) is 7.84 Å². The molecular weight excluding hydrogens is 279 g/mol. The Morgan fingerprint density at radius 3 is 1.35 bits per heavy atom. The first-order valence-electron chi connectivity index (χ1n) is 5.05. The molecule has 2 aromatic rings. The number of hydrogen-bond acceptors (Lipinski definition) is 3. The van der Waals surface area contributed by atoms with Crippen molar-refractivity contribution in [2.75, 3.05) is 11.5 Å². The van der Waals surface area contributed by atoms with Crippen LogP contribution < -0.4 is 20.2 Å². The maximum atomic E-state index is 12.4. The van der Waals surface area contributed by atoms with Gasteiger partial charge in [0.1, 0.15) is 0 Å². The molecule has 0 saturated carbocycles. The Morgan fingerprint density at radius 2 is 1.06 bits per heavy atom. The number of rotatable bonds is 2. The van der Waals surface area contributed by atoms with E-state index >= 15 is 0 Å². The number of nitrogens with two attached hydrogens (primary N) is 2. The summed E-state index contributed by atoms with van der Waals surface area (Å²) in [5.74, 6) is 0. The molecule has 0 aliphatic heterocycles. The summed E-state index contributed by atoms with van der Waals surface area (Å²) in [6.45, 7) is 0. The Hall–Kier alpha value is -1.64. The molecule has 0 amide bonds. The zero-order valence-electron chi connectivity index (χ0n) is 9.08. The molecule has 0 atom stereocenters. The van der Waals surface area contributed by atoms with Gasteiger partial charge in [-0.25, -0.2) is 0 Å². The Labute approximate surface area is 102 Å². The molecule has 0 spiro atoms. The SMILES string of the molecule is Nc1ccc([As](=O)(O)c2ccc(N)cc2)cc1. The maximum absolute atomic E-state index is 12.4. The van der Waals surface area contributed by atoms with Gasteiger partial charge >= 0.3 is 102 Å². The van der Waals surface area contributed by atoms with Crippen molar-refractivity contribution in [2.45, 2.75) is 0 Å². The first-order valence-corrected chi connectivity index (χ1v) is 8.53. The zero-order valence-corrected chi connectivity index (χ0v) is 11.0. The average molecular weight is 292 g/mol. The fraction of sp³-hybridized carbons (Fsp3) is 0. The van der Waals surface area contributed by atoms with Gasteiger partial charge < -0.3 is 0 Å². The van der Waals surface area contributed by atoms with Crippen LogP contribution in [-0.4, -0.2) is 17.9 Å². The van der Waals surface area contributed by atoms with Crippen LogP contribution in [-0.2, 0) is 3.74 Å². The van der Waals surface area contributed by atoms with Gasteiger partial charge in [-0.05, 0) is 0 Å². The van der Waals surface area contributed by atoms with Crippen LogP contribution in [0.3, 0.4) is 0 Å². The van der Waals surface area contributed by atoms with Crippen molar-refractivity contribution in [3.05, 3.63) is 48.5 Å². The number of nitrogen functional groups attached to an aromatic ring is 2. The summed E-state index contributed by atoms with van der Waals surface area (Å²) in [6, 6.07) is 12.8. The van der Waals surface area contributed by atoms with Gasteiger partial charge in [0.15, 0.2) is 0 Å². The van der Waals surface area contributed by atoms with Crippen molar-refractivity contribution in [1.82, 2.24) is 0 Å². The van der Waals surface area contributed by atoms with E-state index < -0.39 is 13.8 Å². The first-order chi connectivity index (χ1) is 8.00. The van der Waals surface area contributed by atoms with Crippen LogP contribution in [0.4, 0.5) is 11.4 Å². The van der Waals surface area contributed by atoms with E-state index in [1.165, 1.54) is 0 Å². The van der Waals surface area contributed by atoms with E-state index in [4.69, 9.17) is 11.5 Å². The molecule has 0 fully saturated rings. The molecule has 5 N–H and O–H groups in total. The van der Waals surface area contributed by atoms with Gasteiger partial charge in [0.25, 0.3) is 0 Å². The topological polar surface area (TPSA) is 89.3 Å². The van der Waals surface area contributed by atoms with Crippen molar-refractivity contribution in [3.8, 4) is 0 Å². The normalized spacial score (nSPS) is 11.4. The summed E-state index contributed by atoms with van der Waals surface area (Å²) in [5.41, 5.74) is 12.2. The predicted molar refractivity (Wildman–Crippen MR) is 69.6 cm³/mol. The summed E-state index contributed by atoms with van der Waals surface area (Å²) in [5, 5.41) is 0. The Balaban J connectivity index is 2.45. The average Bonchev–Trinajstić information content (AvgIpc) is 2.30. The summed E-state index contributed by atoms with van der Waals surface area (Å²) in [7, 11) is 0. The number of benzene rings is 2. The summed E-state index contributed by atoms with van der Waals surface area (Å²) >= 11 is -4.24. The first kappa shape index (κ1) is 11.8. The van der Waals surface area contributed by atoms with Gasteiger partial charge in [0.05, 0.1) is 0 Å². The Bertz CT molecular complexity index is 515. The van der Waals surface area contributed by atoms with Crippen molar-refractivity contribution in [3.63, 3.8) is 0 Å². The van der Waals surface area contributed by atoms with Crippen LogP contribution in [0.5, 0.6) is 0 Å². The third-order valence-corrected chi connectivity index (χ3v) is 6.67. The van der Waals surface area contributed by atoms with E-state index in [1.54, 1.807) is 48.5 Å². The monoisotopic (exact) mass is 292 g/mol. The fourth-order valence-corrected chi connectivity index (χ4v) is 4.45. The van der Waals surface area contributed by atoms with Gasteiger partial charge in [0.2, 0.25) is 0 Å². The molecular formula is C12H13AsN2O2. The number of anilines is 2. The molecule has 0 aliphatic carbocycles. The molecule has 0 heterocycles. The molecule has 0 radical (unpaired) electrons. The van der Waals surface area contributed by atoms with Crippen molar-refractivity contribution < 1.29 is 7.84 Å². The molecule has 5 heteroatoms. The Kier molecular flexibility index (Phi) is 3.01. The van der Waals surface area contributed by atoms with E-state index in [1.807, 2.05) is 0 Å². The number of hydrogen-bond donors (Lipinski definition) is 3. The quantitative estimate of drug-likeness (QED) is 0.529. The second-order valence-corrected chi connectivity index (χ2v) is 8.34. The molecule has 0 bridgehead atoms. The van der Waals surface area contributed by atoms with Gasteiger partial charge in [-0.2, -0.15) is 0 Å². The van der Waals surface area contributed by atoms with Crippen molar-refractivity contribution >= 4 is 33.9 Å². The second-order valence-electron chi connectivity index (χ2n) is 3.76. The summed E-state index contributed by atoms with van der Waals surface area (Å²) < 4.78 is 23.4. The molecule has 0 aromatic heterocycles. The minimum absolute atomic E-state index is 0.419. The standard InChI is InChI=1S/C12H13AsN2O2/c14-11-5-1-9(2-6-11)13(16,17)10-3-7-12(15)8-4-10/h1-8H,14-15H2,(H,16,17). The summed E-state index contributed by atoms with van der Waals surface area (Å²) in [4.78, 5) is 0. The van der Waals surface area contributed by atoms with E-state index in [2.05, 4.69) is 0 Å². The van der Waals surface area contributed by atoms with Crippen LogP contribution in [0.2, 0.25) is 0 Å². The van der Waals surface area contributed by atoms with Crippen molar-refractivity contribution in [1.29, 1.82) is 0 Å². The van der Waals surface area contributed by atoms with Crippen LogP contribution >= 0.6 is 0 Å². The molecule has 88 valence electrons. The van der Waals surface area contributed by atoms with Crippen LogP contribution in [0.15, 0.2) is 48.5 Å². The fourth-order valence-electron chi connectivity index (χ4n) is 1.50. The van der Waals surface area contributed by atoms with Crippen LogP contribution in [0.1, 0.15) is 0 Å². The van der Waals surface area contributed by atoms with E-state index in [-0.39, 0.29) is 0 Å². The third kappa shape index (κ3) is 2.38. The van der Waals surface area contributed by atoms with Gasteiger partial charge in [0, 0.05) is 0 Å². The van der Waals surface area contributed by atoms with Gasteiger partial charge in [-0.3, -0.25) is 0 Å². The minimum atomic E-state index is -4.24. The van der Waals surface area contributed by atoms with E-state index in [0.717, 1.165) is 0 Å². The summed E-state index contributed by atoms with van der Waals surface area (Å²) in [6.07, 6.45) is 0. The van der Waals surface area contributed by atoms with Crippen LogP contribution in [0.25, 0.3) is 0 Å². The molecule has 17 heavy (non-hydrogen) atoms. The molecule has 0 aliphatic rings. The molecule has 0 unspecified atom stereocenters. The molecule has 2 aromatic carbocycles. The molecule has 4 nitrogen and oxygen atoms in total. The predicted octanol–water partition coefficient (Wildman–Crippen LogP) is -0.170. The molecule has 0 saturated heterocycles. The zero-order chi connectivity index (χ0) is 12.5. The van der Waals surface area contributed by atoms with Gasteiger partial charge in [-0.15, -0.1) is 0 Å². The van der Waals surface area contributed by atoms with Crippen molar-refractivity contribution in [2.24, 2.45) is 0 Å². The van der Waals surface area contributed by atoms with E-state index in [0.29, 0.717) is 20.1 Å². The Morgan fingerprint density at radius 1 is 0.765 bits per heavy atom. The third-order valence-electron chi connectivity index (χ3n) is 2.49. The second kappa shape index (κ2) is 4.32. The van der Waals surface area contributed by atoms with Crippen LogP contribution in [0, 0.1) is 0 Å².